The molecule has 2 atom stereocenters. The fourth-order valence-electron chi connectivity index (χ4n) is 2.82. The molecule has 5 nitrogen and oxygen atoms in total. The van der Waals surface area contributed by atoms with E-state index in [1.807, 2.05) is 6.07 Å². The number of rotatable bonds is 7. The maximum absolute atomic E-state index is 5.96. The second kappa shape index (κ2) is 8.31. The molecule has 1 fully saturated rings. The smallest absolute Gasteiger partial charge is 0.188 e. The zero-order valence-corrected chi connectivity index (χ0v) is 14.5. The van der Waals surface area contributed by atoms with Crippen LogP contribution >= 0.6 is 0 Å². The Bertz CT molecular complexity index is 495. The number of benzene rings is 1. The Labute approximate surface area is 139 Å². The van der Waals surface area contributed by atoms with E-state index in [9.17, 15) is 0 Å². The van der Waals surface area contributed by atoms with Crippen molar-refractivity contribution < 1.29 is 4.74 Å². The van der Waals surface area contributed by atoms with Gasteiger partial charge in [-0.05, 0) is 39.2 Å². The molecule has 4 N–H and O–H groups in total. The van der Waals surface area contributed by atoms with Gasteiger partial charge < -0.3 is 21.1 Å². The molecule has 0 bridgehead atoms. The number of hydrogen-bond acceptors (Lipinski definition) is 3. The third-order valence-corrected chi connectivity index (χ3v) is 4.09. The van der Waals surface area contributed by atoms with Crippen molar-refractivity contribution in [2.24, 2.45) is 10.7 Å². The summed E-state index contributed by atoms with van der Waals surface area (Å²) in [5, 5.41) is 6.77. The van der Waals surface area contributed by atoms with Gasteiger partial charge in [0.05, 0.1) is 12.6 Å². The van der Waals surface area contributed by atoms with Crippen LogP contribution in [0.1, 0.15) is 45.2 Å². The van der Waals surface area contributed by atoms with Crippen LogP contribution in [0.4, 0.5) is 0 Å². The van der Waals surface area contributed by atoms with Crippen molar-refractivity contribution in [2.75, 3.05) is 19.7 Å². The predicted octanol–water partition coefficient (Wildman–Crippen LogP) is 2.20. The van der Waals surface area contributed by atoms with Gasteiger partial charge in [-0.3, -0.25) is 4.99 Å². The Morgan fingerprint density at radius 1 is 1.39 bits per heavy atom. The van der Waals surface area contributed by atoms with Gasteiger partial charge in [-0.2, -0.15) is 0 Å². The first-order valence-corrected chi connectivity index (χ1v) is 8.44. The Morgan fingerprint density at radius 3 is 2.78 bits per heavy atom. The topological polar surface area (TPSA) is 71.7 Å². The van der Waals surface area contributed by atoms with Gasteiger partial charge in [0.15, 0.2) is 5.96 Å². The summed E-state index contributed by atoms with van der Waals surface area (Å²) in [6.07, 6.45) is 2.51. The second-order valence-corrected chi connectivity index (χ2v) is 6.88. The fraction of sp³-hybridized carbons (Fsp3) is 0.611. The lowest BCUT2D eigenvalue weighted by molar-refractivity contribution is 0.114. The van der Waals surface area contributed by atoms with E-state index in [-0.39, 0.29) is 17.7 Å². The van der Waals surface area contributed by atoms with Crippen LogP contribution in [0.5, 0.6) is 0 Å². The molecule has 0 aliphatic carbocycles. The summed E-state index contributed by atoms with van der Waals surface area (Å²) < 4.78 is 5.56. The van der Waals surface area contributed by atoms with Crippen LogP contribution in [0.3, 0.4) is 0 Å². The molecular formula is C18H30N4O. The van der Waals surface area contributed by atoms with Crippen molar-refractivity contribution in [3.8, 4) is 0 Å². The van der Waals surface area contributed by atoms with Crippen LogP contribution in [0, 0.1) is 0 Å². The summed E-state index contributed by atoms with van der Waals surface area (Å²) in [6.45, 7) is 8.67. The Kier molecular flexibility index (Phi) is 6.42. The molecule has 1 saturated heterocycles. The highest BCUT2D eigenvalue weighted by Gasteiger charge is 2.21. The van der Waals surface area contributed by atoms with Gasteiger partial charge in [-0.1, -0.05) is 30.3 Å². The number of hydrogen-bond donors (Lipinski definition) is 3. The molecule has 1 aliphatic heterocycles. The van der Waals surface area contributed by atoms with Crippen molar-refractivity contribution in [1.29, 1.82) is 0 Å². The van der Waals surface area contributed by atoms with E-state index in [1.165, 1.54) is 5.56 Å². The summed E-state index contributed by atoms with van der Waals surface area (Å²) in [5.41, 5.74) is 7.10. The van der Waals surface area contributed by atoms with E-state index in [2.05, 4.69) is 60.7 Å². The molecule has 0 spiro atoms. The van der Waals surface area contributed by atoms with Crippen molar-refractivity contribution in [2.45, 2.75) is 51.3 Å². The molecule has 1 aromatic carbocycles. The van der Waals surface area contributed by atoms with Gasteiger partial charge in [0.1, 0.15) is 0 Å². The zero-order valence-electron chi connectivity index (χ0n) is 14.5. The first-order valence-electron chi connectivity index (χ1n) is 8.44. The Balaban J connectivity index is 1.78. The standard InChI is InChI=1S/C18H30N4O/c1-14(15-8-5-4-6-9-15)22-18(2,3)13-21-17(19)20-12-16-10-7-11-23-16/h4-6,8-9,14,16,22H,7,10-13H2,1-3H3,(H3,19,20,21). The highest BCUT2D eigenvalue weighted by atomic mass is 16.5. The normalized spacial score (nSPS) is 20.5. The van der Waals surface area contributed by atoms with Gasteiger partial charge in [-0.15, -0.1) is 0 Å². The zero-order chi connectivity index (χ0) is 16.7. The molecule has 0 amide bonds. The number of aliphatic imine (C=N–C) groups is 1. The van der Waals surface area contributed by atoms with E-state index in [4.69, 9.17) is 10.5 Å². The van der Waals surface area contributed by atoms with Crippen LogP contribution in [0.15, 0.2) is 35.3 Å². The number of nitrogens with two attached hydrogens (primary N) is 1. The summed E-state index contributed by atoms with van der Waals surface area (Å²) in [5.74, 6) is 0.489. The predicted molar refractivity (Wildman–Crippen MR) is 95.5 cm³/mol. The number of guanidine groups is 1. The molecule has 0 saturated carbocycles. The average Bonchev–Trinajstić information content (AvgIpc) is 3.05. The third-order valence-electron chi connectivity index (χ3n) is 4.09. The van der Waals surface area contributed by atoms with Crippen LogP contribution in [-0.2, 0) is 4.74 Å². The molecule has 23 heavy (non-hydrogen) atoms. The quantitative estimate of drug-likeness (QED) is 0.532. The lowest BCUT2D eigenvalue weighted by Gasteiger charge is -2.29. The highest BCUT2D eigenvalue weighted by Crippen LogP contribution is 2.16. The molecule has 0 aromatic heterocycles. The van der Waals surface area contributed by atoms with E-state index in [0.717, 1.165) is 26.0 Å². The van der Waals surface area contributed by atoms with Gasteiger partial charge in [-0.25, -0.2) is 0 Å². The van der Waals surface area contributed by atoms with Crippen molar-refractivity contribution >= 4 is 5.96 Å². The minimum atomic E-state index is -0.134. The summed E-state index contributed by atoms with van der Waals surface area (Å²) >= 11 is 0. The van der Waals surface area contributed by atoms with Crippen LogP contribution in [-0.4, -0.2) is 37.3 Å². The first-order chi connectivity index (χ1) is 11.0. The van der Waals surface area contributed by atoms with Crippen LogP contribution < -0.4 is 16.4 Å². The number of nitrogens with one attached hydrogen (secondary N) is 2. The molecule has 1 heterocycles. The van der Waals surface area contributed by atoms with Gasteiger partial charge in [0.25, 0.3) is 0 Å². The molecule has 1 aromatic rings. The van der Waals surface area contributed by atoms with Crippen LogP contribution in [0.25, 0.3) is 0 Å². The highest BCUT2D eigenvalue weighted by molar-refractivity contribution is 5.77. The third kappa shape index (κ3) is 6.20. The first kappa shape index (κ1) is 17.8. The van der Waals surface area contributed by atoms with Gasteiger partial charge >= 0.3 is 0 Å². The molecule has 5 heteroatoms. The second-order valence-electron chi connectivity index (χ2n) is 6.88. The maximum Gasteiger partial charge on any atom is 0.188 e. The summed E-state index contributed by atoms with van der Waals surface area (Å²) in [6, 6.07) is 10.7. The monoisotopic (exact) mass is 318 g/mol. The van der Waals surface area contributed by atoms with Crippen molar-refractivity contribution in [3.63, 3.8) is 0 Å². The SMILES string of the molecule is CC(NC(C)(C)CN=C(N)NCC1CCCO1)c1ccccc1. The largest absolute Gasteiger partial charge is 0.376 e. The summed E-state index contributed by atoms with van der Waals surface area (Å²) in [4.78, 5) is 4.47. The molecular weight excluding hydrogens is 288 g/mol. The Morgan fingerprint density at radius 2 is 2.13 bits per heavy atom. The van der Waals surface area contributed by atoms with E-state index >= 15 is 0 Å². The minimum Gasteiger partial charge on any atom is -0.376 e. The van der Waals surface area contributed by atoms with E-state index in [0.29, 0.717) is 12.5 Å². The van der Waals surface area contributed by atoms with Crippen LogP contribution in [0.2, 0.25) is 0 Å². The molecule has 0 radical (unpaired) electrons. The number of nitrogens with zero attached hydrogens (tertiary/aromatic N) is 1. The lowest BCUT2D eigenvalue weighted by Crippen LogP contribution is -2.45. The van der Waals surface area contributed by atoms with Gasteiger partial charge in [0.2, 0.25) is 0 Å². The maximum atomic E-state index is 5.96. The molecule has 128 valence electrons. The van der Waals surface area contributed by atoms with Crippen molar-refractivity contribution in [1.82, 2.24) is 10.6 Å². The van der Waals surface area contributed by atoms with Gasteiger partial charge in [0, 0.05) is 24.7 Å². The van der Waals surface area contributed by atoms with Crippen molar-refractivity contribution in [3.05, 3.63) is 35.9 Å². The Hall–Kier alpha value is -1.59. The minimum absolute atomic E-state index is 0.134. The fourth-order valence-corrected chi connectivity index (χ4v) is 2.82. The molecule has 1 aliphatic rings. The number of ether oxygens (including phenoxy) is 1. The van der Waals surface area contributed by atoms with E-state index < -0.39 is 0 Å². The molecule has 2 unspecified atom stereocenters. The summed E-state index contributed by atoms with van der Waals surface area (Å²) in [7, 11) is 0. The lowest BCUT2D eigenvalue weighted by atomic mass is 10.0. The molecule has 2 rings (SSSR count). The average molecular weight is 318 g/mol. The van der Waals surface area contributed by atoms with E-state index in [1.54, 1.807) is 0 Å².